The lowest BCUT2D eigenvalue weighted by molar-refractivity contribution is -0.119. The minimum atomic E-state index is -0.469. The second kappa shape index (κ2) is 5.98. The van der Waals surface area contributed by atoms with Gasteiger partial charge in [0.25, 0.3) is 0 Å². The smallest absolute Gasteiger partial charge is 0.217 e. The third-order valence-electron chi connectivity index (χ3n) is 4.33. The van der Waals surface area contributed by atoms with E-state index in [1.165, 1.54) is 6.92 Å². The normalized spacial score (nSPS) is 12.4. The third kappa shape index (κ3) is 2.62. The molecule has 0 fully saturated rings. The topological polar surface area (TPSA) is 62.5 Å². The summed E-state index contributed by atoms with van der Waals surface area (Å²) in [5, 5.41) is 15.3. The predicted molar refractivity (Wildman–Crippen MR) is 97.5 cm³/mol. The van der Waals surface area contributed by atoms with Crippen LogP contribution in [0.25, 0.3) is 21.9 Å². The molecule has 0 aliphatic rings. The molecule has 3 aromatic carbocycles. The number of phenols is 1. The molecule has 0 bridgehead atoms. The number of benzene rings is 3. The number of carbonyl (C=O) groups excluding carboxylic acids is 1. The fraction of sp³-hybridized carbons (Fsp3) is 0.0952. The molecule has 0 saturated carbocycles. The van der Waals surface area contributed by atoms with Crippen molar-refractivity contribution in [2.75, 3.05) is 0 Å². The molecule has 0 aliphatic heterocycles. The molecule has 1 atom stereocenters. The van der Waals surface area contributed by atoms with Gasteiger partial charge in [0.15, 0.2) is 0 Å². The summed E-state index contributed by atoms with van der Waals surface area (Å²) in [6.45, 7) is 1.47. The number of fused-ring (bicyclic) bond motifs is 3. The Bertz CT molecular complexity index is 1070. The molecule has 1 aromatic heterocycles. The third-order valence-corrected chi connectivity index (χ3v) is 4.33. The van der Waals surface area contributed by atoms with Gasteiger partial charge in [-0.1, -0.05) is 48.5 Å². The first-order chi connectivity index (χ1) is 12.1. The van der Waals surface area contributed by atoms with E-state index in [4.69, 9.17) is 4.42 Å². The summed E-state index contributed by atoms with van der Waals surface area (Å²) in [4.78, 5) is 11.8. The molecule has 0 radical (unpaired) electrons. The van der Waals surface area contributed by atoms with Crippen LogP contribution < -0.4 is 5.32 Å². The first-order valence-corrected chi connectivity index (χ1v) is 8.10. The van der Waals surface area contributed by atoms with E-state index in [9.17, 15) is 9.90 Å². The summed E-state index contributed by atoms with van der Waals surface area (Å²) >= 11 is 0. The summed E-state index contributed by atoms with van der Waals surface area (Å²) in [5.74, 6) is -0.0419. The maximum atomic E-state index is 11.8. The van der Waals surface area contributed by atoms with Crippen LogP contribution in [0.3, 0.4) is 0 Å². The van der Waals surface area contributed by atoms with Gasteiger partial charge in [-0.15, -0.1) is 0 Å². The van der Waals surface area contributed by atoms with Gasteiger partial charge in [-0.05, 0) is 23.8 Å². The number of nitrogens with one attached hydrogen (secondary N) is 1. The van der Waals surface area contributed by atoms with Gasteiger partial charge < -0.3 is 14.8 Å². The van der Waals surface area contributed by atoms with E-state index in [2.05, 4.69) is 5.32 Å². The molecular weight excluding hydrogens is 314 g/mol. The van der Waals surface area contributed by atoms with E-state index in [1.54, 1.807) is 12.1 Å². The highest BCUT2D eigenvalue weighted by Crippen LogP contribution is 2.40. The minimum Gasteiger partial charge on any atom is -0.508 e. The summed E-state index contributed by atoms with van der Waals surface area (Å²) in [6.07, 6.45) is 0. The molecule has 0 saturated heterocycles. The largest absolute Gasteiger partial charge is 0.508 e. The minimum absolute atomic E-state index is 0.127. The second-order valence-electron chi connectivity index (χ2n) is 6.01. The van der Waals surface area contributed by atoms with Crippen LogP contribution in [0.4, 0.5) is 0 Å². The van der Waals surface area contributed by atoms with Gasteiger partial charge in [-0.3, -0.25) is 4.79 Å². The van der Waals surface area contributed by atoms with E-state index in [1.807, 2.05) is 54.6 Å². The van der Waals surface area contributed by atoms with Crippen LogP contribution >= 0.6 is 0 Å². The number of carbonyl (C=O) groups is 1. The van der Waals surface area contributed by atoms with Crippen molar-refractivity contribution in [2.45, 2.75) is 13.0 Å². The van der Waals surface area contributed by atoms with Gasteiger partial charge >= 0.3 is 0 Å². The van der Waals surface area contributed by atoms with E-state index in [0.29, 0.717) is 11.1 Å². The second-order valence-corrected chi connectivity index (χ2v) is 6.01. The molecule has 1 unspecified atom stereocenters. The zero-order valence-electron chi connectivity index (χ0n) is 13.7. The lowest BCUT2D eigenvalue weighted by Crippen LogP contribution is -2.27. The molecule has 0 aliphatic carbocycles. The quantitative estimate of drug-likeness (QED) is 0.580. The Hall–Kier alpha value is -3.27. The van der Waals surface area contributed by atoms with Crippen molar-refractivity contribution < 1.29 is 14.3 Å². The Morgan fingerprint density at radius 1 is 0.960 bits per heavy atom. The Kier molecular flexibility index (Phi) is 3.65. The molecule has 1 amide bonds. The Balaban J connectivity index is 2.05. The van der Waals surface area contributed by atoms with Crippen LogP contribution in [0.5, 0.6) is 5.75 Å². The molecule has 25 heavy (non-hydrogen) atoms. The van der Waals surface area contributed by atoms with Crippen LogP contribution in [0, 0.1) is 0 Å². The fourth-order valence-corrected chi connectivity index (χ4v) is 3.30. The lowest BCUT2D eigenvalue weighted by Gasteiger charge is -2.21. The monoisotopic (exact) mass is 331 g/mol. The molecule has 4 nitrogen and oxygen atoms in total. The molecule has 4 heteroatoms. The molecule has 4 aromatic rings. The van der Waals surface area contributed by atoms with Gasteiger partial charge in [0.1, 0.15) is 16.9 Å². The molecule has 124 valence electrons. The Morgan fingerprint density at radius 3 is 2.44 bits per heavy atom. The number of aromatic hydroxyl groups is 1. The number of phenolic OH excluding ortho intramolecular Hbond substituents is 1. The number of para-hydroxylation sites is 1. The van der Waals surface area contributed by atoms with Gasteiger partial charge in [0, 0.05) is 23.3 Å². The maximum Gasteiger partial charge on any atom is 0.217 e. The van der Waals surface area contributed by atoms with Crippen molar-refractivity contribution >= 4 is 27.8 Å². The van der Waals surface area contributed by atoms with Gasteiger partial charge in [0.05, 0.1) is 6.04 Å². The van der Waals surface area contributed by atoms with Crippen molar-refractivity contribution in [3.05, 3.63) is 77.9 Å². The predicted octanol–water partition coefficient (Wildman–Crippen LogP) is 4.52. The SMILES string of the molecule is CC(=O)NC(c1ccccc1)c1c(O)ccc2oc3ccccc3c12. The lowest BCUT2D eigenvalue weighted by atomic mass is 9.93. The summed E-state index contributed by atoms with van der Waals surface area (Å²) in [5.41, 5.74) is 2.97. The van der Waals surface area contributed by atoms with Crippen molar-refractivity contribution in [3.8, 4) is 5.75 Å². The van der Waals surface area contributed by atoms with Gasteiger partial charge in [-0.2, -0.15) is 0 Å². The highest BCUT2D eigenvalue weighted by molar-refractivity contribution is 6.08. The van der Waals surface area contributed by atoms with Gasteiger partial charge in [0.2, 0.25) is 5.91 Å². The van der Waals surface area contributed by atoms with E-state index < -0.39 is 6.04 Å². The van der Waals surface area contributed by atoms with Crippen molar-refractivity contribution in [1.82, 2.24) is 5.32 Å². The number of hydrogen-bond donors (Lipinski definition) is 2. The number of amides is 1. The van der Waals surface area contributed by atoms with E-state index >= 15 is 0 Å². The summed E-state index contributed by atoms with van der Waals surface area (Å²) in [6, 6.07) is 20.2. The van der Waals surface area contributed by atoms with E-state index in [0.717, 1.165) is 21.9 Å². The number of furan rings is 1. The van der Waals surface area contributed by atoms with Crippen LogP contribution in [0.15, 0.2) is 71.1 Å². The summed E-state index contributed by atoms with van der Waals surface area (Å²) in [7, 11) is 0. The molecule has 2 N–H and O–H groups in total. The zero-order valence-corrected chi connectivity index (χ0v) is 13.7. The van der Waals surface area contributed by atoms with Crippen LogP contribution in [-0.4, -0.2) is 11.0 Å². The molecule has 1 heterocycles. The maximum absolute atomic E-state index is 11.8. The average molecular weight is 331 g/mol. The first kappa shape index (κ1) is 15.3. The van der Waals surface area contributed by atoms with Crippen LogP contribution in [-0.2, 0) is 4.79 Å². The summed E-state index contributed by atoms with van der Waals surface area (Å²) < 4.78 is 5.92. The fourth-order valence-electron chi connectivity index (χ4n) is 3.30. The standard InChI is InChI=1S/C21H17NO3/c1-13(23)22-21(14-7-3-2-4-8-14)20-16(24)11-12-18-19(20)15-9-5-6-10-17(15)25-18/h2-12,21,24H,1H3,(H,22,23). The highest BCUT2D eigenvalue weighted by atomic mass is 16.3. The van der Waals surface area contributed by atoms with Gasteiger partial charge in [-0.25, -0.2) is 0 Å². The van der Waals surface area contributed by atoms with Crippen LogP contribution in [0.2, 0.25) is 0 Å². The number of hydrogen-bond acceptors (Lipinski definition) is 3. The van der Waals surface area contributed by atoms with Crippen LogP contribution in [0.1, 0.15) is 24.1 Å². The first-order valence-electron chi connectivity index (χ1n) is 8.10. The molecular formula is C21H17NO3. The Morgan fingerprint density at radius 2 is 1.68 bits per heavy atom. The number of rotatable bonds is 3. The Labute approximate surface area is 144 Å². The van der Waals surface area contributed by atoms with Crippen molar-refractivity contribution in [1.29, 1.82) is 0 Å². The highest BCUT2D eigenvalue weighted by Gasteiger charge is 2.24. The van der Waals surface area contributed by atoms with Crippen molar-refractivity contribution in [3.63, 3.8) is 0 Å². The molecule has 0 spiro atoms. The van der Waals surface area contributed by atoms with E-state index in [-0.39, 0.29) is 11.7 Å². The molecule has 4 rings (SSSR count). The van der Waals surface area contributed by atoms with Crippen molar-refractivity contribution in [2.24, 2.45) is 0 Å². The zero-order chi connectivity index (χ0) is 17.4. The average Bonchev–Trinajstić information content (AvgIpc) is 2.99.